The fourth-order valence-corrected chi connectivity index (χ4v) is 3.38. The molecule has 0 radical (unpaired) electrons. The third kappa shape index (κ3) is 3.54. The third-order valence-electron chi connectivity index (χ3n) is 2.83. The number of rotatable bonds is 5. The molecular formula is C13H20N2OS. The molecule has 1 amide bonds. The van der Waals surface area contributed by atoms with Crippen LogP contribution in [0.3, 0.4) is 0 Å². The summed E-state index contributed by atoms with van der Waals surface area (Å²) in [5, 5.41) is 6.06. The molecule has 94 valence electrons. The maximum absolute atomic E-state index is 11.4. The topological polar surface area (TPSA) is 41.1 Å². The number of hydrogen-bond donors (Lipinski definition) is 2. The van der Waals surface area contributed by atoms with Crippen LogP contribution < -0.4 is 10.6 Å². The number of amides is 1. The van der Waals surface area contributed by atoms with E-state index < -0.39 is 0 Å². The minimum absolute atomic E-state index is 0.0732. The Balaban J connectivity index is 1.73. The van der Waals surface area contributed by atoms with E-state index in [1.165, 1.54) is 29.7 Å². The molecule has 0 aliphatic heterocycles. The van der Waals surface area contributed by atoms with Crippen molar-refractivity contribution in [3.8, 4) is 0 Å². The van der Waals surface area contributed by atoms with Crippen molar-refractivity contribution < 1.29 is 4.79 Å². The number of hydrogen-bond acceptors (Lipinski definition) is 3. The van der Waals surface area contributed by atoms with E-state index in [-0.39, 0.29) is 11.9 Å². The Kier molecular flexibility index (Phi) is 4.18. The first-order valence-electron chi connectivity index (χ1n) is 6.25. The van der Waals surface area contributed by atoms with Gasteiger partial charge in [-0.2, -0.15) is 0 Å². The third-order valence-corrected chi connectivity index (χ3v) is 4.07. The van der Waals surface area contributed by atoms with E-state index in [4.69, 9.17) is 0 Å². The minimum atomic E-state index is 0.0732. The highest BCUT2D eigenvalue weighted by atomic mass is 32.1. The Morgan fingerprint density at radius 3 is 3.00 bits per heavy atom. The summed E-state index contributed by atoms with van der Waals surface area (Å²) >= 11 is 1.89. The van der Waals surface area contributed by atoms with E-state index in [1.54, 1.807) is 4.88 Å². The van der Waals surface area contributed by atoms with Crippen molar-refractivity contribution in [2.24, 2.45) is 0 Å². The zero-order chi connectivity index (χ0) is 12.3. The second kappa shape index (κ2) is 5.65. The van der Waals surface area contributed by atoms with Gasteiger partial charge in [0, 0.05) is 22.3 Å². The van der Waals surface area contributed by atoms with Crippen molar-refractivity contribution in [3.63, 3.8) is 0 Å². The predicted octanol–water partition coefficient (Wildman–Crippen LogP) is 1.85. The lowest BCUT2D eigenvalue weighted by atomic mass is 10.2. The average Bonchev–Trinajstić information content (AvgIpc) is 2.76. The quantitative estimate of drug-likeness (QED) is 0.839. The van der Waals surface area contributed by atoms with Crippen LogP contribution in [0, 0.1) is 0 Å². The fraction of sp³-hybridized carbons (Fsp3) is 0.615. The molecule has 0 aromatic carbocycles. The lowest BCUT2D eigenvalue weighted by Crippen LogP contribution is -2.37. The molecule has 1 aliphatic rings. The van der Waals surface area contributed by atoms with E-state index in [0.717, 1.165) is 6.54 Å². The second-order valence-electron chi connectivity index (χ2n) is 4.84. The van der Waals surface area contributed by atoms with Crippen LogP contribution >= 0.6 is 11.3 Å². The molecule has 1 aliphatic carbocycles. The fourth-order valence-electron chi connectivity index (χ4n) is 2.15. The Hall–Kier alpha value is -0.870. The van der Waals surface area contributed by atoms with Crippen LogP contribution in [0.2, 0.25) is 0 Å². The molecule has 0 saturated carbocycles. The molecule has 1 aromatic rings. The molecule has 17 heavy (non-hydrogen) atoms. The summed E-state index contributed by atoms with van der Waals surface area (Å²) in [7, 11) is 0. The molecule has 0 bridgehead atoms. The number of carbonyl (C=O) groups is 1. The Morgan fingerprint density at radius 2 is 2.29 bits per heavy atom. The van der Waals surface area contributed by atoms with E-state index in [9.17, 15) is 4.79 Å². The zero-order valence-electron chi connectivity index (χ0n) is 10.5. The van der Waals surface area contributed by atoms with Crippen molar-refractivity contribution in [2.45, 2.75) is 45.7 Å². The highest BCUT2D eigenvalue weighted by molar-refractivity contribution is 7.12. The summed E-state index contributed by atoms with van der Waals surface area (Å²) in [6.45, 7) is 5.16. The van der Waals surface area contributed by atoms with Gasteiger partial charge in [-0.1, -0.05) is 0 Å². The Morgan fingerprint density at radius 1 is 1.47 bits per heavy atom. The summed E-state index contributed by atoms with van der Waals surface area (Å²) in [4.78, 5) is 14.3. The molecule has 1 aromatic heterocycles. The van der Waals surface area contributed by atoms with Gasteiger partial charge >= 0.3 is 0 Å². The van der Waals surface area contributed by atoms with Crippen molar-refractivity contribution in [3.05, 3.63) is 21.4 Å². The first-order valence-corrected chi connectivity index (χ1v) is 7.07. The summed E-state index contributed by atoms with van der Waals surface area (Å²) in [6, 6.07) is 2.51. The van der Waals surface area contributed by atoms with Crippen molar-refractivity contribution in [2.75, 3.05) is 6.54 Å². The highest BCUT2D eigenvalue weighted by Crippen LogP contribution is 2.30. The van der Waals surface area contributed by atoms with Gasteiger partial charge in [0.2, 0.25) is 5.91 Å². The molecule has 0 saturated heterocycles. The van der Waals surface area contributed by atoms with Crippen molar-refractivity contribution in [1.82, 2.24) is 10.6 Å². The van der Waals surface area contributed by atoms with Gasteiger partial charge in [-0.05, 0) is 44.7 Å². The van der Waals surface area contributed by atoms with Crippen LogP contribution in [0.1, 0.15) is 35.6 Å². The number of nitrogens with one attached hydrogen (secondary N) is 2. The standard InChI is InChI=1S/C13H20N2OS/c1-9(2)15-13(16)8-14-7-11-6-10-4-3-5-12(10)17-11/h6,9,14H,3-5,7-8H2,1-2H3,(H,15,16). The minimum Gasteiger partial charge on any atom is -0.353 e. The SMILES string of the molecule is CC(C)NC(=O)CNCc1cc2c(s1)CCC2. The van der Waals surface area contributed by atoms with Gasteiger partial charge < -0.3 is 10.6 Å². The monoisotopic (exact) mass is 252 g/mol. The predicted molar refractivity (Wildman–Crippen MR) is 71.3 cm³/mol. The van der Waals surface area contributed by atoms with Gasteiger partial charge in [-0.15, -0.1) is 11.3 Å². The molecular weight excluding hydrogens is 232 g/mol. The summed E-state index contributed by atoms with van der Waals surface area (Å²) in [5.41, 5.74) is 1.53. The molecule has 0 unspecified atom stereocenters. The molecule has 0 spiro atoms. The van der Waals surface area contributed by atoms with Gasteiger partial charge in [0.1, 0.15) is 0 Å². The number of fused-ring (bicyclic) bond motifs is 1. The van der Waals surface area contributed by atoms with Crippen molar-refractivity contribution in [1.29, 1.82) is 0 Å². The van der Waals surface area contributed by atoms with E-state index in [2.05, 4.69) is 16.7 Å². The van der Waals surface area contributed by atoms with Crippen molar-refractivity contribution >= 4 is 17.2 Å². The van der Waals surface area contributed by atoms with E-state index >= 15 is 0 Å². The molecule has 3 nitrogen and oxygen atoms in total. The van der Waals surface area contributed by atoms with Gasteiger partial charge in [-0.3, -0.25) is 4.79 Å². The molecule has 0 atom stereocenters. The van der Waals surface area contributed by atoms with Crippen LogP contribution in [0.5, 0.6) is 0 Å². The Bertz CT molecular complexity index is 377. The molecule has 1 heterocycles. The van der Waals surface area contributed by atoms with Crippen LogP contribution in [0.15, 0.2) is 6.07 Å². The summed E-state index contributed by atoms with van der Waals surface area (Å²) in [6.07, 6.45) is 3.79. The van der Waals surface area contributed by atoms with Gasteiger partial charge in [0.25, 0.3) is 0 Å². The smallest absolute Gasteiger partial charge is 0.234 e. The normalized spacial score (nSPS) is 14.1. The van der Waals surface area contributed by atoms with Crippen LogP contribution in [-0.4, -0.2) is 18.5 Å². The largest absolute Gasteiger partial charge is 0.353 e. The average molecular weight is 252 g/mol. The van der Waals surface area contributed by atoms with E-state index in [1.807, 2.05) is 25.2 Å². The lowest BCUT2D eigenvalue weighted by molar-refractivity contribution is -0.120. The van der Waals surface area contributed by atoms with Gasteiger partial charge in [0.05, 0.1) is 6.54 Å². The maximum Gasteiger partial charge on any atom is 0.234 e. The zero-order valence-corrected chi connectivity index (χ0v) is 11.3. The molecule has 0 fully saturated rings. The molecule has 4 heteroatoms. The van der Waals surface area contributed by atoms with Crippen LogP contribution in [-0.2, 0) is 24.2 Å². The number of thiophene rings is 1. The summed E-state index contributed by atoms with van der Waals surface area (Å²) in [5.74, 6) is 0.0732. The van der Waals surface area contributed by atoms with Gasteiger partial charge in [-0.25, -0.2) is 0 Å². The Labute approximate surface area is 107 Å². The maximum atomic E-state index is 11.4. The highest BCUT2D eigenvalue weighted by Gasteiger charge is 2.14. The first-order chi connectivity index (χ1) is 8.15. The van der Waals surface area contributed by atoms with E-state index in [0.29, 0.717) is 6.54 Å². The van der Waals surface area contributed by atoms with Gasteiger partial charge in [0.15, 0.2) is 0 Å². The molecule has 2 N–H and O–H groups in total. The summed E-state index contributed by atoms with van der Waals surface area (Å²) < 4.78 is 0. The number of carbonyl (C=O) groups excluding carboxylic acids is 1. The van der Waals surface area contributed by atoms with Crippen LogP contribution in [0.25, 0.3) is 0 Å². The first kappa shape index (κ1) is 12.6. The van der Waals surface area contributed by atoms with Crippen LogP contribution in [0.4, 0.5) is 0 Å². The molecule has 2 rings (SSSR count). The lowest BCUT2D eigenvalue weighted by Gasteiger charge is -2.08. The number of aryl methyl sites for hydroxylation is 2. The second-order valence-corrected chi connectivity index (χ2v) is 6.06.